The van der Waals surface area contributed by atoms with Crippen LogP contribution in [0.25, 0.3) is 11.1 Å². The van der Waals surface area contributed by atoms with E-state index in [1.54, 1.807) is 0 Å². The van der Waals surface area contributed by atoms with Crippen LogP contribution in [0.2, 0.25) is 0 Å². The van der Waals surface area contributed by atoms with Crippen molar-refractivity contribution in [3.63, 3.8) is 0 Å². The molecule has 0 saturated heterocycles. The predicted octanol–water partition coefficient (Wildman–Crippen LogP) is 7.31. The average Bonchev–Trinajstić information content (AvgIpc) is 2.84. The number of carbonyl (C=O) groups excluding carboxylic acids is 1. The van der Waals surface area contributed by atoms with Crippen molar-refractivity contribution in [3.8, 4) is 22.9 Å². The van der Waals surface area contributed by atoms with Crippen LogP contribution in [0.3, 0.4) is 0 Å². The van der Waals surface area contributed by atoms with Crippen LogP contribution in [0.4, 0.5) is 0 Å². The van der Waals surface area contributed by atoms with E-state index in [4.69, 9.17) is 14.7 Å². The van der Waals surface area contributed by atoms with Crippen molar-refractivity contribution in [2.24, 2.45) is 5.92 Å². The summed E-state index contributed by atoms with van der Waals surface area (Å²) in [6, 6.07) is 17.9. The molecule has 1 atom stereocenters. The summed E-state index contributed by atoms with van der Waals surface area (Å²) in [5.74, 6) is 0.862. The number of rotatable bonds is 15. The van der Waals surface area contributed by atoms with Crippen LogP contribution in [0, 0.1) is 17.2 Å². The first-order valence-corrected chi connectivity index (χ1v) is 12.0. The van der Waals surface area contributed by atoms with Crippen LogP contribution >= 0.6 is 0 Å². The Hall–Kier alpha value is -2.80. The third kappa shape index (κ3) is 9.56. The van der Waals surface area contributed by atoms with Gasteiger partial charge in [-0.3, -0.25) is 4.79 Å². The molecule has 0 N–H and O–H groups in total. The Kier molecular flexibility index (Phi) is 12.0. The molecule has 0 aliphatic rings. The lowest BCUT2D eigenvalue weighted by Crippen LogP contribution is -2.14. The van der Waals surface area contributed by atoms with E-state index in [-0.39, 0.29) is 11.9 Å². The normalized spacial score (nSPS) is 11.5. The molecule has 4 nitrogen and oxygen atoms in total. The topological polar surface area (TPSA) is 59.3 Å². The lowest BCUT2D eigenvalue weighted by atomic mass is 10.0. The third-order valence-electron chi connectivity index (χ3n) is 5.77. The maximum absolute atomic E-state index is 11.6. The van der Waals surface area contributed by atoms with E-state index >= 15 is 0 Å². The molecule has 2 aromatic rings. The van der Waals surface area contributed by atoms with E-state index in [9.17, 15) is 4.79 Å². The minimum atomic E-state index is -0.0584. The van der Waals surface area contributed by atoms with Gasteiger partial charge in [0.2, 0.25) is 0 Å². The fourth-order valence-electron chi connectivity index (χ4n) is 3.42. The second-order valence-electron chi connectivity index (χ2n) is 8.37. The molecule has 0 aliphatic carbocycles. The molecule has 172 valence electrons. The maximum Gasteiger partial charge on any atom is 0.308 e. The molecule has 0 aromatic heterocycles. The van der Waals surface area contributed by atoms with Crippen molar-refractivity contribution in [1.29, 1.82) is 5.26 Å². The average molecular weight is 436 g/mol. The SMILES string of the molecule is CCC(C)C(=O)OCCCCCCCCCCOc1ccc(-c2ccc(C#N)cc2)cc1. The number of nitriles is 1. The molecule has 0 aliphatic heterocycles. The highest BCUT2D eigenvalue weighted by Crippen LogP contribution is 2.23. The van der Waals surface area contributed by atoms with Gasteiger partial charge in [0, 0.05) is 0 Å². The van der Waals surface area contributed by atoms with E-state index < -0.39 is 0 Å². The smallest absolute Gasteiger partial charge is 0.308 e. The molecule has 0 spiro atoms. The number of ether oxygens (including phenoxy) is 2. The summed E-state index contributed by atoms with van der Waals surface area (Å²) < 4.78 is 11.1. The molecule has 2 rings (SSSR count). The molecule has 0 fully saturated rings. The molecule has 0 saturated carbocycles. The highest BCUT2D eigenvalue weighted by molar-refractivity contribution is 5.71. The molecule has 0 bridgehead atoms. The van der Waals surface area contributed by atoms with Crippen molar-refractivity contribution in [1.82, 2.24) is 0 Å². The number of unbranched alkanes of at least 4 members (excludes halogenated alkanes) is 7. The molecule has 1 unspecified atom stereocenters. The van der Waals surface area contributed by atoms with Gasteiger partial charge in [-0.25, -0.2) is 0 Å². The first kappa shape index (κ1) is 25.5. The number of hydrogen-bond acceptors (Lipinski definition) is 4. The molecule has 0 radical (unpaired) electrons. The van der Waals surface area contributed by atoms with Crippen LogP contribution in [-0.2, 0) is 9.53 Å². The van der Waals surface area contributed by atoms with Gasteiger partial charge < -0.3 is 9.47 Å². The van der Waals surface area contributed by atoms with Gasteiger partial charge in [0.25, 0.3) is 0 Å². The van der Waals surface area contributed by atoms with Crippen LogP contribution in [0.5, 0.6) is 5.75 Å². The zero-order chi connectivity index (χ0) is 23.0. The van der Waals surface area contributed by atoms with Gasteiger partial charge in [-0.1, -0.05) is 76.6 Å². The largest absolute Gasteiger partial charge is 0.494 e. The van der Waals surface area contributed by atoms with Gasteiger partial charge >= 0.3 is 5.97 Å². The first-order chi connectivity index (χ1) is 15.6. The second kappa shape index (κ2) is 15.1. The van der Waals surface area contributed by atoms with E-state index in [0.29, 0.717) is 12.2 Å². The lowest BCUT2D eigenvalue weighted by molar-refractivity contribution is -0.148. The summed E-state index contributed by atoms with van der Waals surface area (Å²) >= 11 is 0. The third-order valence-corrected chi connectivity index (χ3v) is 5.77. The Morgan fingerprint density at radius 2 is 1.31 bits per heavy atom. The van der Waals surface area contributed by atoms with Crippen LogP contribution in [-0.4, -0.2) is 19.2 Å². The fraction of sp³-hybridized carbons (Fsp3) is 0.500. The van der Waals surface area contributed by atoms with Crippen molar-refractivity contribution < 1.29 is 14.3 Å². The summed E-state index contributed by atoms with van der Waals surface area (Å²) in [4.78, 5) is 11.6. The lowest BCUT2D eigenvalue weighted by Gasteiger charge is -2.09. The minimum absolute atomic E-state index is 0.0206. The summed E-state index contributed by atoms with van der Waals surface area (Å²) in [5, 5.41) is 8.89. The van der Waals surface area contributed by atoms with Gasteiger partial charge in [0.1, 0.15) is 5.75 Å². The highest BCUT2D eigenvalue weighted by atomic mass is 16.5. The highest BCUT2D eigenvalue weighted by Gasteiger charge is 2.10. The van der Waals surface area contributed by atoms with Crippen molar-refractivity contribution >= 4 is 5.97 Å². The summed E-state index contributed by atoms with van der Waals surface area (Å²) in [6.45, 7) is 5.24. The van der Waals surface area contributed by atoms with Crippen molar-refractivity contribution in [2.45, 2.75) is 71.6 Å². The fourth-order valence-corrected chi connectivity index (χ4v) is 3.42. The van der Waals surface area contributed by atoms with Crippen LogP contribution < -0.4 is 4.74 Å². The maximum atomic E-state index is 11.6. The Bertz CT molecular complexity index is 821. The van der Waals surface area contributed by atoms with Crippen molar-refractivity contribution in [3.05, 3.63) is 54.1 Å². The quantitative estimate of drug-likeness (QED) is 0.217. The van der Waals surface area contributed by atoms with E-state index in [1.807, 2.05) is 50.2 Å². The van der Waals surface area contributed by atoms with Gasteiger partial charge in [0.05, 0.1) is 30.8 Å². The summed E-state index contributed by atoms with van der Waals surface area (Å²) in [5.41, 5.74) is 2.90. The van der Waals surface area contributed by atoms with Crippen molar-refractivity contribution in [2.75, 3.05) is 13.2 Å². The van der Waals surface area contributed by atoms with E-state index in [1.165, 1.54) is 32.1 Å². The number of carbonyl (C=O) groups is 1. The molecule has 0 heterocycles. The number of esters is 1. The zero-order valence-electron chi connectivity index (χ0n) is 19.6. The number of hydrogen-bond donors (Lipinski definition) is 0. The van der Waals surface area contributed by atoms with Gasteiger partial charge in [0.15, 0.2) is 0 Å². The summed E-state index contributed by atoms with van der Waals surface area (Å²) in [7, 11) is 0. The molecule has 2 aromatic carbocycles. The molecular formula is C28H37NO3. The second-order valence-corrected chi connectivity index (χ2v) is 8.37. The Morgan fingerprint density at radius 3 is 1.84 bits per heavy atom. The number of nitrogens with zero attached hydrogens (tertiary/aromatic N) is 1. The van der Waals surface area contributed by atoms with Gasteiger partial charge in [-0.15, -0.1) is 0 Å². The Labute approximate surface area is 193 Å². The predicted molar refractivity (Wildman–Crippen MR) is 129 cm³/mol. The monoisotopic (exact) mass is 435 g/mol. The molecule has 0 amide bonds. The Morgan fingerprint density at radius 1 is 0.812 bits per heavy atom. The Balaban J connectivity index is 1.46. The van der Waals surface area contributed by atoms with Crippen LogP contribution in [0.1, 0.15) is 77.2 Å². The molecule has 4 heteroatoms. The van der Waals surface area contributed by atoms with E-state index in [2.05, 4.69) is 18.2 Å². The first-order valence-electron chi connectivity index (χ1n) is 12.0. The van der Waals surface area contributed by atoms with Gasteiger partial charge in [-0.2, -0.15) is 5.26 Å². The minimum Gasteiger partial charge on any atom is -0.494 e. The summed E-state index contributed by atoms with van der Waals surface area (Å²) in [6.07, 6.45) is 10.2. The van der Waals surface area contributed by atoms with Gasteiger partial charge in [-0.05, 0) is 54.7 Å². The van der Waals surface area contributed by atoms with Crippen LogP contribution in [0.15, 0.2) is 48.5 Å². The molecular weight excluding hydrogens is 398 g/mol. The zero-order valence-corrected chi connectivity index (χ0v) is 19.6. The van der Waals surface area contributed by atoms with E-state index in [0.717, 1.165) is 49.2 Å². The molecule has 32 heavy (non-hydrogen) atoms. The standard InChI is InChI=1S/C28H37NO3/c1-3-23(2)28(30)32-21-11-9-7-5-4-6-8-10-20-31-27-18-16-26(17-19-27)25-14-12-24(22-29)13-15-25/h12-19,23H,3-11,20-21H2,1-2H3. The number of benzene rings is 2.